The van der Waals surface area contributed by atoms with E-state index in [1.807, 2.05) is 60.6 Å². The average Bonchev–Trinajstić information content (AvgIpc) is 3.35. The van der Waals surface area contributed by atoms with Crippen molar-refractivity contribution in [3.8, 4) is 0 Å². The molecule has 0 spiro atoms. The summed E-state index contributed by atoms with van der Waals surface area (Å²) in [6.07, 6.45) is 2.49. The van der Waals surface area contributed by atoms with E-state index >= 15 is 0 Å². The maximum atomic E-state index is 14.5. The van der Waals surface area contributed by atoms with Crippen LogP contribution in [-0.4, -0.2) is 86.4 Å². The number of benzene rings is 1. The van der Waals surface area contributed by atoms with Crippen molar-refractivity contribution < 1.29 is 24.2 Å². The lowest BCUT2D eigenvalue weighted by Gasteiger charge is -2.44. The van der Waals surface area contributed by atoms with E-state index in [1.165, 1.54) is 0 Å². The molecule has 1 aromatic carbocycles. The van der Waals surface area contributed by atoms with Gasteiger partial charge in [-0.15, -0.1) is 0 Å². The van der Waals surface area contributed by atoms with Crippen molar-refractivity contribution in [1.82, 2.24) is 24.3 Å². The predicted octanol–water partition coefficient (Wildman–Crippen LogP) is 5.32. The number of aliphatic hydroxyl groups is 1. The van der Waals surface area contributed by atoms with Crippen molar-refractivity contribution in [2.45, 2.75) is 78.2 Å². The maximum absolute atomic E-state index is 14.5. The molecular weight excluding hydrogens is 546 g/mol. The summed E-state index contributed by atoms with van der Waals surface area (Å²) in [4.78, 5) is 40.6. The van der Waals surface area contributed by atoms with Crippen LogP contribution in [-0.2, 0) is 16.0 Å². The normalized spacial score (nSPS) is 18.2. The van der Waals surface area contributed by atoms with Crippen LogP contribution in [0.15, 0.2) is 48.7 Å². The molecule has 234 valence electrons. The minimum absolute atomic E-state index is 0.166. The molecule has 10 heteroatoms. The standard InChI is InChI=1S/C33H47N5O5/c1-23(2)20-38(31(40)30-35-26-13-7-8-15-28(26)37(30)17-11-12-18-42-6)25-19-24(29(39)27-14-9-10-16-34-27)21-36(22-25)32(41)43-33(3,4)5/h7-10,13-16,23-25,29,39H,11-12,17-22H2,1-6H3/t24?,25-,29+/m0/s1. The molecule has 1 fully saturated rings. The highest BCUT2D eigenvalue weighted by atomic mass is 16.6. The highest BCUT2D eigenvalue weighted by Gasteiger charge is 2.41. The van der Waals surface area contributed by atoms with Gasteiger partial charge < -0.3 is 28.9 Å². The molecule has 1 aliphatic rings. The summed E-state index contributed by atoms with van der Waals surface area (Å²) >= 11 is 0. The number of aromatic nitrogens is 3. The van der Waals surface area contributed by atoms with E-state index in [0.717, 1.165) is 23.9 Å². The number of rotatable bonds is 11. The molecule has 2 amide bonds. The fourth-order valence-electron chi connectivity index (χ4n) is 5.73. The molecule has 3 atom stereocenters. The summed E-state index contributed by atoms with van der Waals surface area (Å²) in [7, 11) is 1.69. The van der Waals surface area contributed by atoms with Gasteiger partial charge in [-0.3, -0.25) is 9.78 Å². The van der Waals surface area contributed by atoms with E-state index in [2.05, 4.69) is 18.8 Å². The summed E-state index contributed by atoms with van der Waals surface area (Å²) in [6.45, 7) is 12.0. The molecule has 0 saturated carbocycles. The maximum Gasteiger partial charge on any atom is 0.410 e. The lowest BCUT2D eigenvalue weighted by molar-refractivity contribution is -0.0194. The minimum atomic E-state index is -0.907. The van der Waals surface area contributed by atoms with E-state index in [9.17, 15) is 14.7 Å². The van der Waals surface area contributed by atoms with Gasteiger partial charge in [0.15, 0.2) is 5.82 Å². The molecule has 1 N–H and O–H groups in total. The molecule has 0 aliphatic carbocycles. The van der Waals surface area contributed by atoms with E-state index in [1.54, 1.807) is 30.3 Å². The van der Waals surface area contributed by atoms with Crippen LogP contribution in [0.4, 0.5) is 4.79 Å². The van der Waals surface area contributed by atoms with E-state index in [4.69, 9.17) is 14.5 Å². The van der Waals surface area contributed by atoms with Crippen LogP contribution in [0.2, 0.25) is 0 Å². The Morgan fingerprint density at radius 3 is 2.51 bits per heavy atom. The van der Waals surface area contributed by atoms with Crippen molar-refractivity contribution in [2.75, 3.05) is 33.4 Å². The van der Waals surface area contributed by atoms with Crippen LogP contribution >= 0.6 is 0 Å². The Morgan fingerprint density at radius 2 is 1.84 bits per heavy atom. The first-order chi connectivity index (χ1) is 20.5. The Balaban J connectivity index is 1.70. The molecular formula is C33H47N5O5. The average molecular weight is 594 g/mol. The molecule has 0 bridgehead atoms. The topological polar surface area (TPSA) is 110 Å². The van der Waals surface area contributed by atoms with Crippen LogP contribution < -0.4 is 0 Å². The second-order valence-corrected chi connectivity index (χ2v) is 12.9. The number of fused-ring (bicyclic) bond motifs is 1. The molecule has 43 heavy (non-hydrogen) atoms. The number of piperidine rings is 1. The lowest BCUT2D eigenvalue weighted by atomic mass is 9.87. The molecule has 3 aromatic rings. The number of imidazole rings is 1. The van der Waals surface area contributed by atoms with Crippen LogP contribution in [0.3, 0.4) is 0 Å². The fraction of sp³-hybridized carbons (Fsp3) is 0.576. The number of carbonyl (C=O) groups is 2. The highest BCUT2D eigenvalue weighted by Crippen LogP contribution is 2.33. The van der Waals surface area contributed by atoms with Gasteiger partial charge in [0.05, 0.1) is 22.8 Å². The summed E-state index contributed by atoms with van der Waals surface area (Å²) in [6, 6.07) is 12.9. The second-order valence-electron chi connectivity index (χ2n) is 12.9. The number of ether oxygens (including phenoxy) is 2. The number of aliphatic hydroxyl groups excluding tert-OH is 1. The van der Waals surface area contributed by atoms with Crippen molar-refractivity contribution in [3.63, 3.8) is 0 Å². The number of aryl methyl sites for hydroxylation is 1. The Bertz CT molecular complexity index is 1350. The Kier molecular flexibility index (Phi) is 10.8. The molecule has 1 unspecified atom stereocenters. The van der Waals surface area contributed by atoms with E-state index in [-0.39, 0.29) is 23.8 Å². The van der Waals surface area contributed by atoms with Crippen LogP contribution in [0.5, 0.6) is 0 Å². The quantitative estimate of drug-likeness (QED) is 0.300. The van der Waals surface area contributed by atoms with Gasteiger partial charge in [-0.1, -0.05) is 32.0 Å². The lowest BCUT2D eigenvalue weighted by Crippen LogP contribution is -2.56. The molecule has 0 radical (unpaired) electrons. The van der Waals surface area contributed by atoms with Crippen LogP contribution in [0, 0.1) is 11.8 Å². The molecule has 2 aromatic heterocycles. The number of likely N-dealkylation sites (tertiary alicyclic amines) is 1. The number of hydrogen-bond acceptors (Lipinski definition) is 7. The molecule has 1 saturated heterocycles. The summed E-state index contributed by atoms with van der Waals surface area (Å²) in [5.74, 6) is 0.0188. The minimum Gasteiger partial charge on any atom is -0.444 e. The monoisotopic (exact) mass is 593 g/mol. The summed E-state index contributed by atoms with van der Waals surface area (Å²) in [5, 5.41) is 11.4. The van der Waals surface area contributed by atoms with Crippen molar-refractivity contribution >= 4 is 23.0 Å². The summed E-state index contributed by atoms with van der Waals surface area (Å²) < 4.78 is 13.0. The number of amides is 2. The van der Waals surface area contributed by atoms with Crippen LogP contribution in [0.1, 0.15) is 76.3 Å². The zero-order valence-corrected chi connectivity index (χ0v) is 26.4. The van der Waals surface area contributed by atoms with E-state index in [0.29, 0.717) is 50.7 Å². The van der Waals surface area contributed by atoms with Gasteiger partial charge in [0.1, 0.15) is 11.7 Å². The second kappa shape index (κ2) is 14.3. The third kappa shape index (κ3) is 8.32. The number of nitrogens with zero attached hydrogens (tertiary/aromatic N) is 5. The van der Waals surface area contributed by atoms with Crippen molar-refractivity contribution in [2.24, 2.45) is 11.8 Å². The number of hydrogen-bond donors (Lipinski definition) is 1. The number of unbranched alkanes of at least 4 members (excludes halogenated alkanes) is 1. The fourth-order valence-corrected chi connectivity index (χ4v) is 5.73. The third-order valence-corrected chi connectivity index (χ3v) is 7.64. The first-order valence-electron chi connectivity index (χ1n) is 15.3. The Labute approximate surface area is 255 Å². The number of para-hydroxylation sites is 2. The van der Waals surface area contributed by atoms with Gasteiger partial charge in [-0.25, -0.2) is 9.78 Å². The van der Waals surface area contributed by atoms with Gasteiger partial charge in [0.25, 0.3) is 5.91 Å². The number of methoxy groups -OCH3 is 1. The van der Waals surface area contributed by atoms with Gasteiger partial charge in [0.2, 0.25) is 0 Å². The third-order valence-electron chi connectivity index (χ3n) is 7.64. The largest absolute Gasteiger partial charge is 0.444 e. The van der Waals surface area contributed by atoms with Crippen molar-refractivity contribution in [1.29, 1.82) is 0 Å². The van der Waals surface area contributed by atoms with Crippen molar-refractivity contribution in [3.05, 3.63) is 60.2 Å². The predicted molar refractivity (Wildman–Crippen MR) is 166 cm³/mol. The first kappa shape index (κ1) is 32.4. The number of carbonyl (C=O) groups excluding carboxylic acids is 2. The van der Waals surface area contributed by atoms with E-state index < -0.39 is 17.8 Å². The molecule has 4 rings (SSSR count). The Hall–Kier alpha value is -3.50. The molecule has 10 nitrogen and oxygen atoms in total. The highest BCUT2D eigenvalue weighted by molar-refractivity contribution is 5.95. The first-order valence-corrected chi connectivity index (χ1v) is 15.3. The van der Waals surface area contributed by atoms with Gasteiger partial charge in [-0.05, 0) is 70.2 Å². The van der Waals surface area contributed by atoms with Crippen LogP contribution in [0.25, 0.3) is 11.0 Å². The molecule has 3 heterocycles. The zero-order chi connectivity index (χ0) is 31.1. The number of pyridine rings is 1. The zero-order valence-electron chi connectivity index (χ0n) is 26.4. The van der Waals surface area contributed by atoms with Gasteiger partial charge in [0, 0.05) is 52.0 Å². The summed E-state index contributed by atoms with van der Waals surface area (Å²) in [5.41, 5.74) is 1.54. The van der Waals surface area contributed by atoms with Gasteiger partial charge >= 0.3 is 6.09 Å². The molecule has 1 aliphatic heterocycles. The smallest absolute Gasteiger partial charge is 0.410 e. The SMILES string of the molecule is COCCCCn1c(C(=O)N(CC(C)C)[C@H]2CC([C@@H](O)c3ccccn3)CN(C(=O)OC(C)(C)C)C2)nc2ccccc21. The van der Waals surface area contributed by atoms with Gasteiger partial charge in [-0.2, -0.15) is 0 Å². The Morgan fingerprint density at radius 1 is 1.09 bits per heavy atom.